The Balaban J connectivity index is 1.57. The van der Waals surface area contributed by atoms with Crippen LogP contribution in [0.1, 0.15) is 64.2 Å². The van der Waals surface area contributed by atoms with Crippen molar-refractivity contribution in [1.29, 1.82) is 5.26 Å². The number of nitriles is 1. The van der Waals surface area contributed by atoms with Gasteiger partial charge in [-0.2, -0.15) is 18.4 Å². The largest absolute Gasteiger partial charge is 0.471 e. The summed E-state index contributed by atoms with van der Waals surface area (Å²) in [5.41, 5.74) is 0. The van der Waals surface area contributed by atoms with Crippen LogP contribution in [0.25, 0.3) is 0 Å². The summed E-state index contributed by atoms with van der Waals surface area (Å²) >= 11 is 0. The number of hydrogen-bond donors (Lipinski definition) is 3. The van der Waals surface area contributed by atoms with E-state index in [4.69, 9.17) is 0 Å². The lowest BCUT2D eigenvalue weighted by Crippen LogP contribution is -2.71. The molecule has 5 rings (SSSR count). The molecule has 5 fully saturated rings. The van der Waals surface area contributed by atoms with Crippen LogP contribution in [0.4, 0.5) is 22.0 Å². The first-order valence-electron chi connectivity index (χ1n) is 13.4. The van der Waals surface area contributed by atoms with Crippen molar-refractivity contribution in [3.05, 3.63) is 0 Å². The fourth-order valence-electron chi connectivity index (χ4n) is 6.27. The summed E-state index contributed by atoms with van der Waals surface area (Å²) in [7, 11) is 0. The fourth-order valence-corrected chi connectivity index (χ4v) is 6.27. The first-order chi connectivity index (χ1) is 18.3. The van der Waals surface area contributed by atoms with E-state index < -0.39 is 72.2 Å². The predicted octanol–water partition coefficient (Wildman–Crippen LogP) is 2.16. The summed E-state index contributed by atoms with van der Waals surface area (Å²) in [4.78, 5) is 51.9. The maximum Gasteiger partial charge on any atom is 0.471 e. The molecule has 4 amide bonds. The van der Waals surface area contributed by atoms with E-state index in [-0.39, 0.29) is 37.5 Å². The summed E-state index contributed by atoms with van der Waals surface area (Å²) in [5, 5.41) is 16.4. The monoisotopic (exact) mass is 561 g/mol. The van der Waals surface area contributed by atoms with Crippen molar-refractivity contribution >= 4 is 23.6 Å². The third kappa shape index (κ3) is 6.27. The van der Waals surface area contributed by atoms with E-state index in [1.54, 1.807) is 5.32 Å². The van der Waals surface area contributed by atoms with Gasteiger partial charge in [-0.25, -0.2) is 8.78 Å². The second-order valence-electron chi connectivity index (χ2n) is 11.1. The zero-order chi connectivity index (χ0) is 28.5. The van der Waals surface area contributed by atoms with Gasteiger partial charge in [0.1, 0.15) is 18.1 Å². The Morgan fingerprint density at radius 1 is 1.08 bits per heavy atom. The van der Waals surface area contributed by atoms with Crippen LogP contribution in [-0.2, 0) is 19.2 Å². The van der Waals surface area contributed by atoms with E-state index in [9.17, 15) is 46.4 Å². The molecule has 2 bridgehead atoms. The lowest BCUT2D eigenvalue weighted by Gasteiger charge is -2.54. The Morgan fingerprint density at radius 3 is 2.36 bits per heavy atom. The minimum Gasteiger partial charge on any atom is -0.356 e. The molecule has 2 aliphatic carbocycles. The lowest BCUT2D eigenvalue weighted by molar-refractivity contribution is -0.196. The van der Waals surface area contributed by atoms with Gasteiger partial charge in [-0.15, -0.1) is 0 Å². The lowest BCUT2D eigenvalue weighted by atomic mass is 9.71. The van der Waals surface area contributed by atoms with Crippen LogP contribution in [0.5, 0.6) is 0 Å². The molecule has 0 unspecified atom stereocenters. The maximum atomic E-state index is 15.0. The van der Waals surface area contributed by atoms with Gasteiger partial charge >= 0.3 is 12.1 Å². The molecule has 39 heavy (non-hydrogen) atoms. The standard InChI is InChI=1S/C25H32F5N5O4/c26-24(27)11-16-6-7-17(24)19(21(37)33-15(12-31)10-14-5-2-8-32-20(14)36)35(16)22(38)18(9-13-3-1-4-13)34-23(39)25(28,29)30/h13-19H,1-11H2,(H,32,36)(H,33,37)(H,34,39)/t14-,15+,16+,17+,18-,19+/m1/s1. The van der Waals surface area contributed by atoms with Gasteiger partial charge in [0.2, 0.25) is 17.7 Å². The average Bonchev–Trinajstić information content (AvgIpc) is 2.84. The van der Waals surface area contributed by atoms with Gasteiger partial charge < -0.3 is 20.9 Å². The minimum absolute atomic E-state index is 0.0504. The number of alkyl halides is 5. The van der Waals surface area contributed by atoms with Crippen molar-refractivity contribution in [3.8, 4) is 6.07 Å². The number of carbonyl (C=O) groups excluding carboxylic acids is 4. The minimum atomic E-state index is -5.26. The molecule has 3 aliphatic heterocycles. The van der Waals surface area contributed by atoms with Gasteiger partial charge in [0.05, 0.1) is 12.0 Å². The molecule has 0 aromatic rings. The summed E-state index contributed by atoms with van der Waals surface area (Å²) < 4.78 is 69.1. The van der Waals surface area contributed by atoms with Crippen molar-refractivity contribution in [1.82, 2.24) is 20.9 Å². The smallest absolute Gasteiger partial charge is 0.356 e. The number of nitrogens with one attached hydrogen (secondary N) is 3. The SMILES string of the molecule is N#C[C@H](C[C@H]1CCCNC1=O)NC(=O)[C@@H]1[C@@H]2CC[C@@H](CC2(F)F)N1C(=O)[C@@H](CC1CCC1)NC(=O)C(F)(F)F. The van der Waals surface area contributed by atoms with Crippen molar-refractivity contribution in [3.63, 3.8) is 0 Å². The maximum absolute atomic E-state index is 15.0. The van der Waals surface area contributed by atoms with Crippen LogP contribution in [0.15, 0.2) is 0 Å². The van der Waals surface area contributed by atoms with E-state index in [0.717, 1.165) is 11.3 Å². The molecule has 0 aromatic heterocycles. The van der Waals surface area contributed by atoms with Gasteiger partial charge in [-0.05, 0) is 44.4 Å². The molecule has 0 spiro atoms. The molecule has 5 aliphatic rings. The Morgan fingerprint density at radius 2 is 1.79 bits per heavy atom. The molecule has 216 valence electrons. The zero-order valence-corrected chi connectivity index (χ0v) is 21.2. The highest BCUT2D eigenvalue weighted by Gasteiger charge is 2.61. The number of amides is 4. The average molecular weight is 562 g/mol. The molecule has 9 nitrogen and oxygen atoms in total. The Labute approximate surface area is 222 Å². The van der Waals surface area contributed by atoms with Crippen molar-refractivity contribution in [2.24, 2.45) is 17.8 Å². The summed E-state index contributed by atoms with van der Waals surface area (Å²) in [5.74, 6) is -10.2. The summed E-state index contributed by atoms with van der Waals surface area (Å²) in [6, 6.07) is -3.82. The highest BCUT2D eigenvalue weighted by molar-refractivity contribution is 5.94. The molecule has 0 aromatic carbocycles. The van der Waals surface area contributed by atoms with E-state index in [1.165, 1.54) is 0 Å². The first kappa shape index (κ1) is 29.0. The number of fused-ring (bicyclic) bond motifs is 3. The van der Waals surface area contributed by atoms with Gasteiger partial charge in [0.25, 0.3) is 5.92 Å². The number of halogens is 5. The molecular weight excluding hydrogens is 529 g/mol. The van der Waals surface area contributed by atoms with Crippen LogP contribution >= 0.6 is 0 Å². The normalized spacial score (nSPS) is 29.8. The van der Waals surface area contributed by atoms with Gasteiger partial charge in [0.15, 0.2) is 0 Å². The van der Waals surface area contributed by atoms with Crippen LogP contribution in [0.2, 0.25) is 0 Å². The molecule has 3 heterocycles. The third-order valence-electron chi connectivity index (χ3n) is 8.51. The Kier molecular flexibility index (Phi) is 8.37. The third-order valence-corrected chi connectivity index (χ3v) is 8.51. The van der Waals surface area contributed by atoms with Gasteiger partial charge in [-0.3, -0.25) is 19.2 Å². The molecule has 3 saturated heterocycles. The van der Waals surface area contributed by atoms with Crippen LogP contribution in [0.3, 0.4) is 0 Å². The Hall–Kier alpha value is -2.98. The molecule has 14 heteroatoms. The van der Waals surface area contributed by atoms with Crippen LogP contribution in [-0.4, -0.2) is 71.3 Å². The van der Waals surface area contributed by atoms with Crippen LogP contribution < -0.4 is 16.0 Å². The first-order valence-corrected chi connectivity index (χ1v) is 13.4. The predicted molar refractivity (Wildman–Crippen MR) is 125 cm³/mol. The van der Waals surface area contributed by atoms with E-state index in [1.807, 2.05) is 6.07 Å². The number of hydrogen-bond acceptors (Lipinski definition) is 5. The molecule has 0 radical (unpaired) electrons. The van der Waals surface area contributed by atoms with Crippen LogP contribution in [0, 0.1) is 29.1 Å². The number of carbonyl (C=O) groups is 4. The fraction of sp³-hybridized carbons (Fsp3) is 0.800. The van der Waals surface area contributed by atoms with Crippen molar-refractivity contribution in [2.75, 3.05) is 6.54 Å². The van der Waals surface area contributed by atoms with E-state index in [0.29, 0.717) is 32.2 Å². The van der Waals surface area contributed by atoms with Crippen molar-refractivity contribution < 1.29 is 41.1 Å². The zero-order valence-electron chi connectivity index (χ0n) is 21.2. The highest BCUT2D eigenvalue weighted by atomic mass is 19.4. The molecule has 2 saturated carbocycles. The van der Waals surface area contributed by atoms with Gasteiger partial charge in [0, 0.05) is 24.9 Å². The number of rotatable bonds is 8. The second-order valence-corrected chi connectivity index (χ2v) is 11.1. The molecular formula is C25H32F5N5O4. The highest BCUT2D eigenvalue weighted by Crippen LogP contribution is 2.49. The second kappa shape index (κ2) is 11.3. The Bertz CT molecular complexity index is 1030. The van der Waals surface area contributed by atoms with E-state index >= 15 is 0 Å². The topological polar surface area (TPSA) is 131 Å². The quantitative estimate of drug-likeness (QED) is 0.391. The van der Waals surface area contributed by atoms with E-state index in [2.05, 4.69) is 10.6 Å². The van der Waals surface area contributed by atoms with Crippen molar-refractivity contribution in [2.45, 2.75) is 100 Å². The summed E-state index contributed by atoms with van der Waals surface area (Å²) in [6.07, 6.45) is -2.84. The molecule has 3 N–H and O–H groups in total. The van der Waals surface area contributed by atoms with Gasteiger partial charge in [-0.1, -0.05) is 19.3 Å². The summed E-state index contributed by atoms with van der Waals surface area (Å²) in [6.45, 7) is 0.489. The number of piperidine rings is 3. The molecule has 6 atom stereocenters. The number of nitrogens with zero attached hydrogens (tertiary/aromatic N) is 2.